The zero-order valence-electron chi connectivity index (χ0n) is 23.0. The van der Waals surface area contributed by atoms with Crippen molar-refractivity contribution in [1.82, 2.24) is 0 Å². The molecule has 1 radical (unpaired) electrons. The smallest absolute Gasteiger partial charge is 0.779 e. The topological polar surface area (TPSA) is 43.2 Å². The molecule has 0 bridgehead atoms. The van der Waals surface area contributed by atoms with Crippen LogP contribution in [0.2, 0.25) is 0 Å². The van der Waals surface area contributed by atoms with Crippen LogP contribution in [0.25, 0.3) is 9.81 Å². The molecule has 0 aliphatic carbocycles. The van der Waals surface area contributed by atoms with Gasteiger partial charge in [0.2, 0.25) is 0 Å². The van der Waals surface area contributed by atoms with Gasteiger partial charge in [-0.2, -0.15) is 9.81 Å². The minimum Gasteiger partial charge on any atom is -0.779 e. The molecule has 0 aliphatic heterocycles. The van der Waals surface area contributed by atoms with Crippen LogP contribution in [0, 0.1) is 0 Å². The number of benzene rings is 4. The predicted molar refractivity (Wildman–Crippen MR) is 175 cm³/mol. The third kappa shape index (κ3) is 11.7. The molecule has 7 heteroatoms. The normalized spacial score (nSPS) is 11.5. The van der Waals surface area contributed by atoms with Gasteiger partial charge < -0.3 is 34.7 Å². The molecule has 0 N–H and O–H groups in total. The molecular weight excluding hydrogens is 591 g/mol. The Morgan fingerprint density at radius 2 is 0.902 bits per heavy atom. The summed E-state index contributed by atoms with van der Waals surface area (Å²) >= 11 is 10.7. The summed E-state index contributed by atoms with van der Waals surface area (Å²) in [5, 5.41) is 0. The van der Waals surface area contributed by atoms with Crippen molar-refractivity contribution >= 4 is 58.9 Å². The molecule has 0 aliphatic rings. The van der Waals surface area contributed by atoms with Crippen LogP contribution in [0.5, 0.6) is 11.5 Å². The van der Waals surface area contributed by atoms with Gasteiger partial charge in [0.1, 0.15) is 22.9 Å². The van der Waals surface area contributed by atoms with Gasteiger partial charge in [-0.25, -0.2) is 0 Å². The molecule has 4 rings (SSSR count). The van der Waals surface area contributed by atoms with Crippen LogP contribution in [0.1, 0.15) is 25.0 Å². The summed E-state index contributed by atoms with van der Waals surface area (Å²) in [5.41, 5.74) is 3.65. The second kappa shape index (κ2) is 19.3. The Kier molecular flexibility index (Phi) is 15.8. The molecule has 4 aromatic carbocycles. The molecule has 0 aromatic heterocycles. The maximum Gasteiger partial charge on any atom is 2.00 e. The first-order chi connectivity index (χ1) is 19.6. The van der Waals surface area contributed by atoms with E-state index in [0.29, 0.717) is 13.2 Å². The van der Waals surface area contributed by atoms with Gasteiger partial charge in [0.25, 0.3) is 0 Å². The van der Waals surface area contributed by atoms with Gasteiger partial charge in [-0.05, 0) is 49.2 Å². The predicted octanol–water partition coefficient (Wildman–Crippen LogP) is 8.75. The van der Waals surface area contributed by atoms with Crippen LogP contribution in [0.15, 0.2) is 131 Å². The SMILES string of the molecule is CCOc1ccccc1N=CC=C([S-])c1ccccc1.CCOc1ccccc1N=CC=C([S-])c1ccccc1.[Co+2]. The maximum atomic E-state index is 5.52. The molecule has 4 aromatic rings. The average molecular weight is 624 g/mol. The van der Waals surface area contributed by atoms with E-state index in [9.17, 15) is 0 Å². The van der Waals surface area contributed by atoms with Crippen molar-refractivity contribution in [3.63, 3.8) is 0 Å². The number of rotatable bonds is 10. The Bertz CT molecular complexity index is 1330. The fourth-order valence-corrected chi connectivity index (χ4v) is 3.84. The third-order valence-corrected chi connectivity index (χ3v) is 6.07. The molecule has 211 valence electrons. The van der Waals surface area contributed by atoms with Gasteiger partial charge in [-0.15, -0.1) is 0 Å². The Morgan fingerprint density at radius 1 is 0.561 bits per heavy atom. The van der Waals surface area contributed by atoms with Crippen molar-refractivity contribution in [2.75, 3.05) is 13.2 Å². The number of para-hydroxylation sites is 4. The summed E-state index contributed by atoms with van der Waals surface area (Å²) in [6.45, 7) is 5.16. The summed E-state index contributed by atoms with van der Waals surface area (Å²) in [5.74, 6) is 1.57. The third-order valence-electron chi connectivity index (χ3n) is 5.33. The van der Waals surface area contributed by atoms with Gasteiger partial charge in [0, 0.05) is 12.4 Å². The Hall–Kier alpha value is -3.75. The molecule has 0 spiro atoms. The number of ether oxygens (including phenoxy) is 2. The summed E-state index contributed by atoms with van der Waals surface area (Å²) < 4.78 is 11.0. The van der Waals surface area contributed by atoms with E-state index in [1.807, 2.05) is 135 Å². The van der Waals surface area contributed by atoms with E-state index >= 15 is 0 Å². The fourth-order valence-electron chi connectivity index (χ4n) is 3.45. The Balaban J connectivity index is 0.000000280. The Labute approximate surface area is 265 Å². The molecule has 0 atom stereocenters. The summed E-state index contributed by atoms with van der Waals surface area (Å²) in [6, 6.07) is 35.2. The number of nitrogens with zero attached hydrogens (tertiary/aromatic N) is 2. The zero-order chi connectivity index (χ0) is 28.4. The van der Waals surface area contributed by atoms with Crippen LogP contribution in [-0.4, -0.2) is 25.6 Å². The number of allylic oxidation sites excluding steroid dienone is 2. The van der Waals surface area contributed by atoms with E-state index in [1.54, 1.807) is 12.4 Å². The quantitative estimate of drug-likeness (QED) is 0.131. The first kappa shape index (κ1) is 33.5. The van der Waals surface area contributed by atoms with Gasteiger partial charge in [-0.1, -0.05) is 97.1 Å². The van der Waals surface area contributed by atoms with E-state index in [-0.39, 0.29) is 16.8 Å². The average Bonchev–Trinajstić information content (AvgIpc) is 3.00. The van der Waals surface area contributed by atoms with Crippen molar-refractivity contribution in [2.24, 2.45) is 9.98 Å². The van der Waals surface area contributed by atoms with Crippen LogP contribution < -0.4 is 9.47 Å². The fraction of sp³-hybridized carbons (Fsp3) is 0.118. The van der Waals surface area contributed by atoms with Crippen LogP contribution in [-0.2, 0) is 42.0 Å². The van der Waals surface area contributed by atoms with E-state index < -0.39 is 0 Å². The van der Waals surface area contributed by atoms with Crippen molar-refractivity contribution in [3.8, 4) is 11.5 Å². The Morgan fingerprint density at radius 3 is 1.27 bits per heavy atom. The van der Waals surface area contributed by atoms with Crippen LogP contribution >= 0.6 is 0 Å². The van der Waals surface area contributed by atoms with Gasteiger partial charge >= 0.3 is 16.8 Å². The molecule has 0 unspecified atom stereocenters. The van der Waals surface area contributed by atoms with E-state index in [1.165, 1.54) is 0 Å². The molecule has 0 saturated heterocycles. The molecule has 0 amide bonds. The first-order valence-corrected chi connectivity index (χ1v) is 13.8. The van der Waals surface area contributed by atoms with E-state index in [0.717, 1.165) is 43.8 Å². The van der Waals surface area contributed by atoms with Crippen molar-refractivity contribution < 1.29 is 26.3 Å². The molecule has 0 fully saturated rings. The summed E-state index contributed by atoms with van der Waals surface area (Å²) in [4.78, 5) is 10.3. The van der Waals surface area contributed by atoms with Crippen molar-refractivity contribution in [2.45, 2.75) is 13.8 Å². The minimum absolute atomic E-state index is 0. The molecule has 0 saturated carbocycles. The van der Waals surface area contributed by atoms with Gasteiger partial charge in [0.05, 0.1) is 13.2 Å². The standard InChI is InChI=1S/2C17H17NOS.Co/c2*1-2-19-16-11-7-6-10-15(16)18-13-12-17(20)14-8-4-3-5-9-14;/h2*3-13,20H,2H2,1H3;/q;;+2/p-2. The zero-order valence-corrected chi connectivity index (χ0v) is 25.7. The molecular formula is C34H32CoN2O2S2. The first-order valence-electron chi connectivity index (χ1n) is 13.0. The van der Waals surface area contributed by atoms with E-state index in [2.05, 4.69) is 9.98 Å². The van der Waals surface area contributed by atoms with E-state index in [4.69, 9.17) is 34.7 Å². The maximum absolute atomic E-state index is 5.52. The number of hydrogen-bond acceptors (Lipinski definition) is 6. The number of hydrogen-bond donors (Lipinski definition) is 0. The second-order valence-electron chi connectivity index (χ2n) is 8.15. The summed E-state index contributed by atoms with van der Waals surface area (Å²) in [7, 11) is 0. The molecule has 0 heterocycles. The van der Waals surface area contributed by atoms with Crippen LogP contribution in [0.3, 0.4) is 0 Å². The number of aliphatic imine (C=N–C) groups is 2. The van der Waals surface area contributed by atoms with Gasteiger partial charge in [0.15, 0.2) is 0 Å². The monoisotopic (exact) mass is 623 g/mol. The minimum atomic E-state index is 0. The summed E-state index contributed by atoms with van der Waals surface area (Å²) in [6.07, 6.45) is 7.08. The van der Waals surface area contributed by atoms with Crippen molar-refractivity contribution in [1.29, 1.82) is 0 Å². The van der Waals surface area contributed by atoms with Gasteiger partial charge in [-0.3, -0.25) is 9.98 Å². The second-order valence-corrected chi connectivity index (χ2v) is 9.03. The van der Waals surface area contributed by atoms with Crippen molar-refractivity contribution in [3.05, 3.63) is 132 Å². The molecule has 4 nitrogen and oxygen atoms in total. The molecule has 41 heavy (non-hydrogen) atoms. The van der Waals surface area contributed by atoms with Crippen LogP contribution in [0.4, 0.5) is 11.4 Å². The largest absolute Gasteiger partial charge is 2.00 e.